The van der Waals surface area contributed by atoms with E-state index in [1.165, 1.54) is 25.7 Å². The molecule has 1 fully saturated rings. The second-order valence-corrected chi connectivity index (χ2v) is 7.60. The lowest BCUT2D eigenvalue weighted by Gasteiger charge is -2.18. The summed E-state index contributed by atoms with van der Waals surface area (Å²) in [6.45, 7) is 0.803. The molecule has 1 heterocycles. The molecule has 82 valence electrons. The van der Waals surface area contributed by atoms with Gasteiger partial charge in [-0.25, -0.2) is 0 Å². The number of hydrogen-bond donors (Lipinski definition) is 1. The van der Waals surface area contributed by atoms with Crippen molar-refractivity contribution >= 4 is 37.8 Å². The minimum atomic E-state index is -0.537. The molecule has 0 aliphatic carbocycles. The van der Waals surface area contributed by atoms with Crippen LogP contribution in [0.4, 0.5) is 0 Å². The van der Waals surface area contributed by atoms with Crippen LogP contribution >= 0.6 is 31.9 Å². The Balaban J connectivity index is 2.46. The first-order chi connectivity index (χ1) is 6.63. The molecule has 0 atom stereocenters. The van der Waals surface area contributed by atoms with E-state index in [0.717, 1.165) is 25.8 Å². The number of hydrogen-bond acceptors (Lipinski definition) is 1. The molecular formula is C10H17Br2NO. The van der Waals surface area contributed by atoms with Crippen molar-refractivity contribution in [2.24, 2.45) is 0 Å². The second-order valence-electron chi connectivity index (χ2n) is 3.83. The Hall–Kier alpha value is 0.430. The zero-order valence-corrected chi connectivity index (χ0v) is 11.5. The maximum Gasteiger partial charge on any atom is 0.247 e. The number of carbonyl (C=O) groups is 1. The van der Waals surface area contributed by atoms with Crippen molar-refractivity contribution < 1.29 is 4.79 Å². The Morgan fingerprint density at radius 1 is 1.00 bits per heavy atom. The van der Waals surface area contributed by atoms with Crippen molar-refractivity contribution in [3.8, 4) is 0 Å². The number of halogens is 2. The molecule has 0 saturated carbocycles. The average Bonchev–Trinajstić information content (AvgIpc) is 2.16. The van der Waals surface area contributed by atoms with E-state index in [-0.39, 0.29) is 5.91 Å². The van der Waals surface area contributed by atoms with Crippen LogP contribution in [0.15, 0.2) is 0 Å². The summed E-state index contributed by atoms with van der Waals surface area (Å²) in [5.74, 6) is 0.0689. The van der Waals surface area contributed by atoms with Gasteiger partial charge in [-0.05, 0) is 12.8 Å². The monoisotopic (exact) mass is 325 g/mol. The topological polar surface area (TPSA) is 29.1 Å². The van der Waals surface area contributed by atoms with E-state index >= 15 is 0 Å². The smallest absolute Gasteiger partial charge is 0.247 e. The third-order valence-corrected chi connectivity index (χ3v) is 4.05. The van der Waals surface area contributed by atoms with Crippen molar-refractivity contribution in [3.05, 3.63) is 0 Å². The summed E-state index contributed by atoms with van der Waals surface area (Å²) in [5, 5.41) is 2.94. The first-order valence-electron chi connectivity index (χ1n) is 5.29. The van der Waals surface area contributed by atoms with E-state index in [2.05, 4.69) is 37.2 Å². The number of alkyl halides is 2. The molecule has 1 rings (SSSR count). The van der Waals surface area contributed by atoms with Gasteiger partial charge in [0.25, 0.3) is 0 Å². The number of rotatable bonds is 0. The van der Waals surface area contributed by atoms with Gasteiger partial charge in [-0.15, -0.1) is 0 Å². The van der Waals surface area contributed by atoms with E-state index in [9.17, 15) is 4.79 Å². The van der Waals surface area contributed by atoms with Crippen LogP contribution in [-0.2, 0) is 4.79 Å². The fraction of sp³-hybridized carbons (Fsp3) is 0.900. The Labute approximate surface area is 102 Å². The lowest BCUT2D eigenvalue weighted by Crippen LogP contribution is -2.38. The molecule has 0 unspecified atom stereocenters. The lowest BCUT2D eigenvalue weighted by atomic mass is 10.1. The summed E-state index contributed by atoms with van der Waals surface area (Å²) in [7, 11) is 0. The van der Waals surface area contributed by atoms with E-state index in [0.29, 0.717) is 0 Å². The summed E-state index contributed by atoms with van der Waals surface area (Å²) in [6, 6.07) is 0. The number of amides is 1. The maximum absolute atomic E-state index is 11.7. The molecule has 0 aromatic rings. The molecule has 1 saturated heterocycles. The van der Waals surface area contributed by atoms with Gasteiger partial charge >= 0.3 is 0 Å². The predicted octanol–water partition coefficient (Wildman–Crippen LogP) is 3.33. The zero-order valence-electron chi connectivity index (χ0n) is 8.32. The Morgan fingerprint density at radius 2 is 1.57 bits per heavy atom. The molecule has 0 bridgehead atoms. The molecule has 14 heavy (non-hydrogen) atoms. The summed E-state index contributed by atoms with van der Waals surface area (Å²) in [4.78, 5) is 11.7. The SMILES string of the molecule is O=C1NCCCCCCCCC1(Br)Br. The quantitative estimate of drug-likeness (QED) is 0.680. The highest BCUT2D eigenvalue weighted by atomic mass is 79.9. The standard InChI is InChI=1S/C10H17Br2NO/c11-10(12)7-5-3-1-2-4-6-8-13-9(10)14/h1-8H2,(H,13,14). The van der Waals surface area contributed by atoms with Crippen LogP contribution in [0.5, 0.6) is 0 Å². The van der Waals surface area contributed by atoms with Crippen LogP contribution in [0, 0.1) is 0 Å². The van der Waals surface area contributed by atoms with Gasteiger partial charge in [0, 0.05) is 6.54 Å². The highest BCUT2D eigenvalue weighted by molar-refractivity contribution is 9.25. The Morgan fingerprint density at radius 3 is 2.29 bits per heavy atom. The summed E-state index contributed by atoms with van der Waals surface area (Å²) in [5.41, 5.74) is 0. The van der Waals surface area contributed by atoms with Crippen molar-refractivity contribution in [2.75, 3.05) is 6.54 Å². The van der Waals surface area contributed by atoms with Crippen LogP contribution in [0.2, 0.25) is 0 Å². The third kappa shape index (κ3) is 4.30. The fourth-order valence-electron chi connectivity index (χ4n) is 1.62. The highest BCUT2D eigenvalue weighted by Crippen LogP contribution is 2.33. The number of carbonyl (C=O) groups excluding carboxylic acids is 1. The Bertz CT molecular complexity index is 195. The van der Waals surface area contributed by atoms with E-state index in [4.69, 9.17) is 0 Å². The average molecular weight is 327 g/mol. The molecule has 0 aromatic heterocycles. The first-order valence-corrected chi connectivity index (χ1v) is 6.88. The van der Waals surface area contributed by atoms with Crippen LogP contribution in [0.25, 0.3) is 0 Å². The van der Waals surface area contributed by atoms with Gasteiger partial charge in [-0.3, -0.25) is 4.79 Å². The minimum absolute atomic E-state index is 0.0689. The first kappa shape index (κ1) is 12.5. The molecule has 0 radical (unpaired) electrons. The van der Waals surface area contributed by atoms with Gasteiger partial charge in [-0.2, -0.15) is 0 Å². The second kappa shape index (κ2) is 6.11. The molecule has 0 spiro atoms. The van der Waals surface area contributed by atoms with Gasteiger partial charge < -0.3 is 5.32 Å². The normalized spacial score (nSPS) is 24.9. The van der Waals surface area contributed by atoms with Crippen molar-refractivity contribution in [1.82, 2.24) is 5.32 Å². The van der Waals surface area contributed by atoms with Crippen LogP contribution in [-0.4, -0.2) is 15.7 Å². The van der Waals surface area contributed by atoms with Crippen molar-refractivity contribution in [3.63, 3.8) is 0 Å². The highest BCUT2D eigenvalue weighted by Gasteiger charge is 2.31. The maximum atomic E-state index is 11.7. The summed E-state index contributed by atoms with van der Waals surface area (Å²) < 4.78 is -0.537. The van der Waals surface area contributed by atoms with Crippen molar-refractivity contribution in [2.45, 2.75) is 48.2 Å². The largest absolute Gasteiger partial charge is 0.354 e. The molecular weight excluding hydrogens is 310 g/mol. The van der Waals surface area contributed by atoms with E-state index in [1.54, 1.807) is 0 Å². The summed E-state index contributed by atoms with van der Waals surface area (Å²) in [6.07, 6.45) is 8.12. The molecule has 1 N–H and O–H groups in total. The molecule has 1 aliphatic heterocycles. The minimum Gasteiger partial charge on any atom is -0.354 e. The Kier molecular flexibility index (Phi) is 5.45. The van der Waals surface area contributed by atoms with Gasteiger partial charge in [-0.1, -0.05) is 64.0 Å². The van der Waals surface area contributed by atoms with Crippen LogP contribution in [0.1, 0.15) is 44.9 Å². The van der Waals surface area contributed by atoms with Crippen LogP contribution < -0.4 is 5.32 Å². The van der Waals surface area contributed by atoms with Crippen LogP contribution in [0.3, 0.4) is 0 Å². The molecule has 1 amide bonds. The van der Waals surface area contributed by atoms with Gasteiger partial charge in [0.1, 0.15) is 0 Å². The van der Waals surface area contributed by atoms with Gasteiger partial charge in [0.2, 0.25) is 5.91 Å². The van der Waals surface area contributed by atoms with E-state index in [1.807, 2.05) is 0 Å². The summed E-state index contributed by atoms with van der Waals surface area (Å²) >= 11 is 6.87. The third-order valence-electron chi connectivity index (χ3n) is 2.54. The molecule has 0 aromatic carbocycles. The predicted molar refractivity (Wildman–Crippen MR) is 65.9 cm³/mol. The molecule has 1 aliphatic rings. The fourth-order valence-corrected chi connectivity index (χ4v) is 2.46. The molecule has 2 nitrogen and oxygen atoms in total. The molecule has 4 heteroatoms. The zero-order chi connectivity index (χ0) is 10.4. The van der Waals surface area contributed by atoms with Gasteiger partial charge in [0.05, 0.1) is 0 Å². The van der Waals surface area contributed by atoms with E-state index < -0.39 is 3.23 Å². The lowest BCUT2D eigenvalue weighted by molar-refractivity contribution is -0.121. The van der Waals surface area contributed by atoms with Crippen molar-refractivity contribution in [1.29, 1.82) is 0 Å². The van der Waals surface area contributed by atoms with Gasteiger partial charge in [0.15, 0.2) is 3.23 Å². The number of nitrogens with one attached hydrogen (secondary N) is 1.